The Balaban J connectivity index is 4.26. The Morgan fingerprint density at radius 1 is 0.273 bits per heavy atom. The standard InChI is InChI=1S/C71H118O6/c1-4-7-10-13-16-19-21-23-25-27-29-30-31-32-33-34-35-36-37-38-39-40-42-43-45-47-49-52-55-58-61-64-70(73)76-67-68(66-75-69(72)63-60-57-54-51-18-15-12-9-6-3)77-71(74)65-62-59-56-53-50-48-46-44-41-28-26-24-22-20-17-14-11-8-5-2/h7,10,16-17,19-20,23-26,29-30,32-33,35-36,38-39,42-43,68H,4-6,8-9,11-15,18,21-22,27-28,31,34,37,40-41,44-67H2,1-3H3/b10-7-,19-16-,20-17-,25-23-,26-24-,30-29-,33-32-,36-35-,39-38-,43-42-. The van der Waals surface area contributed by atoms with E-state index < -0.39 is 6.10 Å². The molecule has 6 nitrogen and oxygen atoms in total. The van der Waals surface area contributed by atoms with Crippen LogP contribution in [0.5, 0.6) is 0 Å². The molecule has 1 atom stereocenters. The summed E-state index contributed by atoms with van der Waals surface area (Å²) in [4.78, 5) is 38.2. The summed E-state index contributed by atoms with van der Waals surface area (Å²) in [5.74, 6) is -0.903. The van der Waals surface area contributed by atoms with Crippen molar-refractivity contribution in [1.29, 1.82) is 0 Å². The molecule has 1 unspecified atom stereocenters. The summed E-state index contributed by atoms with van der Waals surface area (Å²) in [6, 6.07) is 0. The number of unbranched alkanes of at least 4 members (excludes halogenated alkanes) is 26. The Labute approximate surface area is 475 Å². The van der Waals surface area contributed by atoms with Gasteiger partial charge in [0.05, 0.1) is 0 Å². The van der Waals surface area contributed by atoms with Crippen LogP contribution in [0.2, 0.25) is 0 Å². The van der Waals surface area contributed by atoms with E-state index in [1.54, 1.807) is 0 Å². The van der Waals surface area contributed by atoms with Crippen LogP contribution in [0, 0.1) is 0 Å². The van der Waals surface area contributed by atoms with E-state index >= 15 is 0 Å². The van der Waals surface area contributed by atoms with Crippen molar-refractivity contribution in [3.63, 3.8) is 0 Å². The molecule has 0 aliphatic carbocycles. The molecule has 0 saturated carbocycles. The maximum Gasteiger partial charge on any atom is 0.306 e. The zero-order chi connectivity index (χ0) is 55.7. The Morgan fingerprint density at radius 2 is 0.506 bits per heavy atom. The van der Waals surface area contributed by atoms with Crippen molar-refractivity contribution in [2.45, 2.75) is 297 Å². The maximum atomic E-state index is 12.9. The van der Waals surface area contributed by atoms with Gasteiger partial charge in [-0.05, 0) is 116 Å². The van der Waals surface area contributed by atoms with Crippen LogP contribution < -0.4 is 0 Å². The van der Waals surface area contributed by atoms with E-state index in [4.69, 9.17) is 14.2 Å². The Hall–Kier alpha value is -4.19. The molecule has 0 heterocycles. The fourth-order valence-electron chi connectivity index (χ4n) is 8.67. The van der Waals surface area contributed by atoms with Crippen LogP contribution in [0.15, 0.2) is 122 Å². The van der Waals surface area contributed by atoms with Gasteiger partial charge in [0, 0.05) is 19.3 Å². The molecular formula is C71H118O6. The van der Waals surface area contributed by atoms with E-state index in [0.717, 1.165) is 128 Å². The molecule has 0 spiro atoms. The Kier molecular flexibility index (Phi) is 60.8. The molecular weight excluding hydrogens is 949 g/mol. The van der Waals surface area contributed by atoms with Gasteiger partial charge < -0.3 is 14.2 Å². The predicted octanol–water partition coefficient (Wildman–Crippen LogP) is 22.0. The van der Waals surface area contributed by atoms with Gasteiger partial charge in [-0.2, -0.15) is 0 Å². The van der Waals surface area contributed by atoms with E-state index in [-0.39, 0.29) is 31.1 Å². The summed E-state index contributed by atoms with van der Waals surface area (Å²) in [5.41, 5.74) is 0. The van der Waals surface area contributed by atoms with Gasteiger partial charge in [-0.25, -0.2) is 0 Å². The summed E-state index contributed by atoms with van der Waals surface area (Å²) in [7, 11) is 0. The lowest BCUT2D eigenvalue weighted by Gasteiger charge is -2.18. The molecule has 0 aromatic heterocycles. The second-order valence-corrected chi connectivity index (χ2v) is 20.9. The summed E-state index contributed by atoms with van der Waals surface area (Å²) < 4.78 is 16.9. The summed E-state index contributed by atoms with van der Waals surface area (Å²) in [6.07, 6.45) is 89.2. The van der Waals surface area contributed by atoms with Crippen LogP contribution in [-0.2, 0) is 28.6 Å². The maximum absolute atomic E-state index is 12.9. The Morgan fingerprint density at radius 3 is 0.818 bits per heavy atom. The van der Waals surface area contributed by atoms with Crippen LogP contribution in [0.3, 0.4) is 0 Å². The van der Waals surface area contributed by atoms with E-state index in [2.05, 4.69) is 142 Å². The normalized spacial score (nSPS) is 12.9. The molecule has 0 radical (unpaired) electrons. The number of hydrogen-bond donors (Lipinski definition) is 0. The first-order valence-electron chi connectivity index (χ1n) is 32.0. The van der Waals surface area contributed by atoms with Gasteiger partial charge in [0.2, 0.25) is 0 Å². The average molecular weight is 1070 g/mol. The molecule has 0 saturated heterocycles. The van der Waals surface area contributed by atoms with E-state index in [9.17, 15) is 14.4 Å². The number of carbonyl (C=O) groups is 3. The molecule has 0 aromatic rings. The first-order valence-corrected chi connectivity index (χ1v) is 32.0. The number of ether oxygens (including phenoxy) is 3. The lowest BCUT2D eigenvalue weighted by atomic mass is 10.1. The molecule has 0 fully saturated rings. The molecule has 0 aliphatic heterocycles. The first-order chi connectivity index (χ1) is 38.0. The third kappa shape index (κ3) is 62.5. The van der Waals surface area contributed by atoms with Crippen molar-refractivity contribution < 1.29 is 28.6 Å². The predicted molar refractivity (Wildman–Crippen MR) is 334 cm³/mol. The zero-order valence-electron chi connectivity index (χ0n) is 50.2. The Bertz CT molecular complexity index is 1600. The highest BCUT2D eigenvalue weighted by Crippen LogP contribution is 2.15. The fourth-order valence-corrected chi connectivity index (χ4v) is 8.67. The lowest BCUT2D eigenvalue weighted by molar-refractivity contribution is -0.167. The molecule has 6 heteroatoms. The van der Waals surface area contributed by atoms with Crippen molar-refractivity contribution in [1.82, 2.24) is 0 Å². The number of carbonyl (C=O) groups excluding carboxylic acids is 3. The third-order valence-electron chi connectivity index (χ3n) is 13.5. The minimum atomic E-state index is -0.787. The van der Waals surface area contributed by atoms with Crippen molar-refractivity contribution in [2.75, 3.05) is 13.2 Å². The first kappa shape index (κ1) is 72.8. The monoisotopic (exact) mass is 1070 g/mol. The number of allylic oxidation sites excluding steroid dienone is 20. The number of hydrogen-bond acceptors (Lipinski definition) is 6. The minimum absolute atomic E-state index is 0.0843. The van der Waals surface area contributed by atoms with Gasteiger partial charge >= 0.3 is 17.9 Å². The van der Waals surface area contributed by atoms with Crippen molar-refractivity contribution in [3.8, 4) is 0 Å². The third-order valence-corrected chi connectivity index (χ3v) is 13.5. The summed E-state index contributed by atoms with van der Waals surface area (Å²) >= 11 is 0. The van der Waals surface area contributed by atoms with E-state index in [1.165, 1.54) is 122 Å². The molecule has 0 bridgehead atoms. The highest BCUT2D eigenvalue weighted by Gasteiger charge is 2.19. The lowest BCUT2D eigenvalue weighted by Crippen LogP contribution is -2.30. The number of rotatable bonds is 57. The van der Waals surface area contributed by atoms with Crippen LogP contribution in [0.25, 0.3) is 0 Å². The molecule has 77 heavy (non-hydrogen) atoms. The van der Waals surface area contributed by atoms with Gasteiger partial charge in [0.1, 0.15) is 13.2 Å². The molecule has 438 valence electrons. The number of esters is 3. The smallest absolute Gasteiger partial charge is 0.306 e. The molecule has 0 aliphatic rings. The van der Waals surface area contributed by atoms with Crippen LogP contribution in [0.4, 0.5) is 0 Å². The largest absolute Gasteiger partial charge is 0.462 e. The molecule has 0 aromatic carbocycles. The van der Waals surface area contributed by atoms with Crippen LogP contribution >= 0.6 is 0 Å². The molecule has 0 N–H and O–H groups in total. The van der Waals surface area contributed by atoms with Crippen molar-refractivity contribution in [3.05, 3.63) is 122 Å². The van der Waals surface area contributed by atoms with Gasteiger partial charge in [0.15, 0.2) is 6.10 Å². The SMILES string of the molecule is CC/C=C\C/C=C\C/C=C\C/C=C\C/C=C\C/C=C\C/C=C\C/C=C\CCCCCCCCC(=O)OCC(COC(=O)CCCCCCCCCCC)OC(=O)CCCCCCCCCCC/C=C\C/C=C\CCCCC. The fraction of sp³-hybridized carbons (Fsp3) is 0.676. The molecule has 0 amide bonds. The summed E-state index contributed by atoms with van der Waals surface area (Å²) in [5, 5.41) is 0. The summed E-state index contributed by atoms with van der Waals surface area (Å²) in [6.45, 7) is 6.48. The van der Waals surface area contributed by atoms with Crippen molar-refractivity contribution in [2.24, 2.45) is 0 Å². The highest BCUT2D eigenvalue weighted by molar-refractivity contribution is 5.71. The second kappa shape index (κ2) is 64.3. The quantitative estimate of drug-likeness (QED) is 0.0261. The van der Waals surface area contributed by atoms with E-state index in [0.29, 0.717) is 19.3 Å². The van der Waals surface area contributed by atoms with Gasteiger partial charge in [0.25, 0.3) is 0 Å². The topological polar surface area (TPSA) is 78.9 Å². The van der Waals surface area contributed by atoms with E-state index in [1.807, 2.05) is 0 Å². The van der Waals surface area contributed by atoms with Crippen molar-refractivity contribution >= 4 is 17.9 Å². The minimum Gasteiger partial charge on any atom is -0.462 e. The van der Waals surface area contributed by atoms with Crippen LogP contribution in [-0.4, -0.2) is 37.2 Å². The zero-order valence-corrected chi connectivity index (χ0v) is 50.2. The van der Waals surface area contributed by atoms with Gasteiger partial charge in [-0.15, -0.1) is 0 Å². The second-order valence-electron chi connectivity index (χ2n) is 20.9. The highest BCUT2D eigenvalue weighted by atomic mass is 16.6. The van der Waals surface area contributed by atoms with Gasteiger partial charge in [-0.1, -0.05) is 277 Å². The molecule has 0 rings (SSSR count). The van der Waals surface area contributed by atoms with Crippen LogP contribution in [0.1, 0.15) is 290 Å². The average Bonchev–Trinajstić information content (AvgIpc) is 3.43. The van der Waals surface area contributed by atoms with Gasteiger partial charge in [-0.3, -0.25) is 14.4 Å².